The van der Waals surface area contributed by atoms with E-state index in [1.807, 2.05) is 30.0 Å². The summed E-state index contributed by atoms with van der Waals surface area (Å²) in [5.74, 6) is 1.17. The molecule has 5 heteroatoms. The Morgan fingerprint density at radius 2 is 1.92 bits per heavy atom. The Kier molecular flexibility index (Phi) is 3.88. The van der Waals surface area contributed by atoms with Crippen LogP contribution in [0.25, 0.3) is 0 Å². The van der Waals surface area contributed by atoms with Crippen molar-refractivity contribution in [3.05, 3.63) is 52.9 Å². The molecule has 1 aromatic carbocycles. The number of hydrogen-bond acceptors (Lipinski definition) is 4. The highest BCUT2D eigenvalue weighted by Crippen LogP contribution is 2.39. The molecule has 2 heterocycles. The van der Waals surface area contributed by atoms with Gasteiger partial charge in [0.1, 0.15) is 17.4 Å². The van der Waals surface area contributed by atoms with Crippen LogP contribution in [-0.4, -0.2) is 35.2 Å². The average Bonchev–Trinajstić information content (AvgIpc) is 3.40. The van der Waals surface area contributed by atoms with Crippen LogP contribution < -0.4 is 0 Å². The van der Waals surface area contributed by atoms with Gasteiger partial charge in [-0.3, -0.25) is 4.79 Å². The van der Waals surface area contributed by atoms with Crippen molar-refractivity contribution >= 4 is 5.91 Å². The first kappa shape index (κ1) is 15.4. The molecule has 1 amide bonds. The summed E-state index contributed by atoms with van der Waals surface area (Å²) < 4.78 is 11.5. The number of hydrogen-bond donors (Lipinski definition) is 0. The monoisotopic (exact) mass is 326 g/mol. The number of morpholine rings is 1. The summed E-state index contributed by atoms with van der Waals surface area (Å²) >= 11 is 0. The van der Waals surface area contributed by atoms with E-state index in [1.165, 1.54) is 12.8 Å². The Morgan fingerprint density at radius 3 is 2.54 bits per heavy atom. The molecule has 0 radical (unpaired) electrons. The molecule has 0 spiro atoms. The maximum Gasteiger partial charge on any atom is 0.259 e. The van der Waals surface area contributed by atoms with Gasteiger partial charge < -0.3 is 14.2 Å². The molecule has 1 aromatic heterocycles. The number of ether oxygens (including phenoxy) is 1. The van der Waals surface area contributed by atoms with E-state index in [0.29, 0.717) is 36.0 Å². The van der Waals surface area contributed by atoms with E-state index in [0.717, 1.165) is 5.56 Å². The van der Waals surface area contributed by atoms with Gasteiger partial charge in [-0.2, -0.15) is 0 Å². The van der Waals surface area contributed by atoms with Crippen LogP contribution in [0.5, 0.6) is 0 Å². The number of amides is 1. The lowest BCUT2D eigenvalue weighted by Gasteiger charge is -2.38. The van der Waals surface area contributed by atoms with E-state index in [2.05, 4.69) is 17.3 Å². The summed E-state index contributed by atoms with van der Waals surface area (Å²) in [6, 6.07) is 10.2. The lowest BCUT2D eigenvalue weighted by Crippen LogP contribution is -2.48. The Balaban J connectivity index is 1.61. The summed E-state index contributed by atoms with van der Waals surface area (Å²) in [5, 5.41) is 3.92. The van der Waals surface area contributed by atoms with Crippen molar-refractivity contribution in [3.63, 3.8) is 0 Å². The van der Waals surface area contributed by atoms with Crippen LogP contribution in [0.3, 0.4) is 0 Å². The number of carbonyl (C=O) groups excluding carboxylic acids is 1. The zero-order valence-electron chi connectivity index (χ0n) is 14.1. The molecule has 2 aliphatic rings. The highest BCUT2D eigenvalue weighted by Gasteiger charge is 2.41. The first-order chi connectivity index (χ1) is 11.6. The molecule has 5 nitrogen and oxygen atoms in total. The van der Waals surface area contributed by atoms with Gasteiger partial charge in [0.15, 0.2) is 0 Å². The third-order valence-corrected chi connectivity index (χ3v) is 4.98. The SMILES string of the molecule is Cc1noc(C)c1C(=O)N1C[C@@H](c2ccccc2)O[C@@H](C2CC2)C1. The molecular weight excluding hydrogens is 304 g/mol. The first-order valence-electron chi connectivity index (χ1n) is 8.56. The minimum Gasteiger partial charge on any atom is -0.366 e. The maximum absolute atomic E-state index is 13.0. The van der Waals surface area contributed by atoms with Crippen molar-refractivity contribution in [3.8, 4) is 0 Å². The number of aromatic nitrogens is 1. The molecule has 1 aliphatic carbocycles. The molecule has 2 aromatic rings. The van der Waals surface area contributed by atoms with E-state index < -0.39 is 0 Å². The lowest BCUT2D eigenvalue weighted by atomic mass is 10.0. The summed E-state index contributed by atoms with van der Waals surface area (Å²) in [4.78, 5) is 15.0. The molecule has 1 aliphatic heterocycles. The van der Waals surface area contributed by atoms with Gasteiger partial charge in [0, 0.05) is 6.54 Å². The quantitative estimate of drug-likeness (QED) is 0.868. The smallest absolute Gasteiger partial charge is 0.259 e. The minimum absolute atomic E-state index is 0.00105. The molecule has 4 rings (SSSR count). The van der Waals surface area contributed by atoms with Gasteiger partial charge in [0.05, 0.1) is 18.3 Å². The number of aryl methyl sites for hydroxylation is 2. The standard InChI is InChI=1S/C19H22N2O3/c1-12-18(13(2)24-20-12)19(22)21-10-16(14-6-4-3-5-7-14)23-17(11-21)15-8-9-15/h3-7,15-17H,8-11H2,1-2H3/t16-,17+/m0/s1. The maximum atomic E-state index is 13.0. The van der Waals surface area contributed by atoms with E-state index in [1.54, 1.807) is 6.92 Å². The molecular formula is C19H22N2O3. The van der Waals surface area contributed by atoms with Crippen molar-refractivity contribution in [1.82, 2.24) is 10.1 Å². The van der Waals surface area contributed by atoms with Crippen molar-refractivity contribution in [2.45, 2.75) is 38.9 Å². The van der Waals surface area contributed by atoms with Gasteiger partial charge in [-0.05, 0) is 38.2 Å². The Morgan fingerprint density at radius 1 is 1.17 bits per heavy atom. The summed E-state index contributed by atoms with van der Waals surface area (Å²) in [5.41, 5.74) is 2.38. The zero-order chi connectivity index (χ0) is 16.7. The molecule has 0 bridgehead atoms. The van der Waals surface area contributed by atoms with Crippen LogP contribution in [-0.2, 0) is 4.74 Å². The number of benzene rings is 1. The number of carbonyl (C=O) groups is 1. The molecule has 2 atom stereocenters. The highest BCUT2D eigenvalue weighted by atomic mass is 16.5. The van der Waals surface area contributed by atoms with Crippen LogP contribution >= 0.6 is 0 Å². The average molecular weight is 326 g/mol. The third kappa shape index (κ3) is 2.84. The van der Waals surface area contributed by atoms with Gasteiger partial charge in [-0.1, -0.05) is 35.5 Å². The van der Waals surface area contributed by atoms with Crippen LogP contribution in [0.4, 0.5) is 0 Å². The summed E-state index contributed by atoms with van der Waals surface area (Å²) in [6.45, 7) is 4.82. The Labute approximate surface area is 141 Å². The fraction of sp³-hybridized carbons (Fsp3) is 0.474. The highest BCUT2D eigenvalue weighted by molar-refractivity contribution is 5.96. The van der Waals surface area contributed by atoms with Crippen LogP contribution in [0.1, 0.15) is 46.3 Å². The van der Waals surface area contributed by atoms with Crippen LogP contribution in [0.2, 0.25) is 0 Å². The van der Waals surface area contributed by atoms with Gasteiger partial charge in [0.25, 0.3) is 5.91 Å². The predicted molar refractivity (Wildman–Crippen MR) is 88.7 cm³/mol. The molecule has 0 N–H and O–H groups in total. The van der Waals surface area contributed by atoms with Crippen molar-refractivity contribution in [2.75, 3.05) is 13.1 Å². The fourth-order valence-corrected chi connectivity index (χ4v) is 3.48. The molecule has 2 fully saturated rings. The van der Waals surface area contributed by atoms with E-state index >= 15 is 0 Å². The van der Waals surface area contributed by atoms with Crippen LogP contribution in [0.15, 0.2) is 34.9 Å². The van der Waals surface area contributed by atoms with Crippen LogP contribution in [0, 0.1) is 19.8 Å². The normalized spacial score (nSPS) is 24.2. The first-order valence-corrected chi connectivity index (χ1v) is 8.56. The minimum atomic E-state index is -0.0741. The van der Waals surface area contributed by atoms with Crippen molar-refractivity contribution in [1.29, 1.82) is 0 Å². The second-order valence-electron chi connectivity index (χ2n) is 6.82. The van der Waals surface area contributed by atoms with E-state index in [4.69, 9.17) is 9.26 Å². The van der Waals surface area contributed by atoms with Crippen molar-refractivity contribution in [2.24, 2.45) is 5.92 Å². The Bertz CT molecular complexity index is 717. The summed E-state index contributed by atoms with van der Waals surface area (Å²) in [7, 11) is 0. The molecule has 1 saturated carbocycles. The van der Waals surface area contributed by atoms with Gasteiger partial charge >= 0.3 is 0 Å². The largest absolute Gasteiger partial charge is 0.366 e. The zero-order valence-corrected chi connectivity index (χ0v) is 14.1. The molecule has 24 heavy (non-hydrogen) atoms. The summed E-state index contributed by atoms with van der Waals surface area (Å²) in [6.07, 6.45) is 2.43. The van der Waals surface area contributed by atoms with Gasteiger partial charge in [-0.15, -0.1) is 0 Å². The second kappa shape index (κ2) is 6.06. The van der Waals surface area contributed by atoms with E-state index in [9.17, 15) is 4.79 Å². The fourth-order valence-electron chi connectivity index (χ4n) is 3.48. The third-order valence-electron chi connectivity index (χ3n) is 4.98. The molecule has 1 saturated heterocycles. The molecule has 0 unspecified atom stereocenters. The second-order valence-corrected chi connectivity index (χ2v) is 6.82. The van der Waals surface area contributed by atoms with Gasteiger partial charge in [-0.25, -0.2) is 0 Å². The Hall–Kier alpha value is -2.14. The lowest BCUT2D eigenvalue weighted by molar-refractivity contribution is -0.0864. The predicted octanol–water partition coefficient (Wildman–Crippen LogP) is 3.28. The molecule has 126 valence electrons. The van der Waals surface area contributed by atoms with Gasteiger partial charge in [0.2, 0.25) is 0 Å². The topological polar surface area (TPSA) is 55.6 Å². The van der Waals surface area contributed by atoms with E-state index in [-0.39, 0.29) is 18.1 Å². The number of rotatable bonds is 3. The van der Waals surface area contributed by atoms with Crippen molar-refractivity contribution < 1.29 is 14.1 Å². The number of nitrogens with zero attached hydrogens (tertiary/aromatic N) is 2.